The highest BCUT2D eigenvalue weighted by molar-refractivity contribution is 6.26. The van der Waals surface area contributed by atoms with Crippen molar-refractivity contribution < 1.29 is 4.42 Å². The standard InChI is InChI=1S/C58H42.C57H38O/c1-57(2)51-30-29-39(32-47(51)48-31-37-15-5-6-16-38(37)33-52(48)57)35-25-27-36(28-26-35)54-42-19-9-11-21-44(42)55(45-22-12-10-20-43(45)54)49-34-53-56(41-18-8-7-17-40(41)49)46-23-13-14-24-50(46)58(53,3)4;1-57(2)51-29-27-41(32-48(51)49-31-39-11-3-4-12-40(39)34-52(49)57)35-19-23-37(24-20-35)55-44-14-5-7-16-46(44)56(47-17-8-6-15-45(47)55)38-25-21-36(22-26-38)42-28-30-54-50(33-42)43-13-9-10-18-53(43)58-54/h5-34H,1-4H3;3-34H,1-2H3. The van der Waals surface area contributed by atoms with Crippen molar-refractivity contribution in [3.63, 3.8) is 0 Å². The number of benzene rings is 20. The van der Waals surface area contributed by atoms with E-state index in [4.69, 9.17) is 4.42 Å². The highest BCUT2D eigenvalue weighted by Gasteiger charge is 2.40. The largest absolute Gasteiger partial charge is 0.456 e. The first-order valence-electron chi connectivity index (χ1n) is 40.9. The third-order valence-electron chi connectivity index (χ3n) is 26.7. The van der Waals surface area contributed by atoms with Crippen LogP contribution in [0, 0.1) is 0 Å². The third kappa shape index (κ3) is 10.2. The third-order valence-corrected chi connectivity index (χ3v) is 26.7. The molecule has 3 aliphatic rings. The lowest BCUT2D eigenvalue weighted by Gasteiger charge is -2.24. The van der Waals surface area contributed by atoms with E-state index < -0.39 is 0 Å². The zero-order chi connectivity index (χ0) is 77.5. The smallest absolute Gasteiger partial charge is 0.135 e. The fourth-order valence-electron chi connectivity index (χ4n) is 20.9. The highest BCUT2D eigenvalue weighted by atomic mass is 16.3. The Morgan fingerprint density at radius 2 is 0.448 bits per heavy atom. The average molecular weight is 1480 g/mol. The van der Waals surface area contributed by atoms with E-state index in [2.05, 4.69) is 406 Å². The van der Waals surface area contributed by atoms with Gasteiger partial charge in [-0.25, -0.2) is 0 Å². The summed E-state index contributed by atoms with van der Waals surface area (Å²) < 4.78 is 6.11. The summed E-state index contributed by atoms with van der Waals surface area (Å²) in [5, 5.41) is 20.3. The van der Waals surface area contributed by atoms with Crippen molar-refractivity contribution in [2.45, 2.75) is 57.8 Å². The van der Waals surface area contributed by atoms with Gasteiger partial charge >= 0.3 is 0 Å². The molecule has 1 aromatic heterocycles. The molecule has 0 fully saturated rings. The van der Waals surface area contributed by atoms with Crippen LogP contribution in [0.2, 0.25) is 0 Å². The minimum absolute atomic E-state index is 0.0430. The van der Waals surface area contributed by atoms with Gasteiger partial charge in [0.15, 0.2) is 0 Å². The Morgan fingerprint density at radius 1 is 0.155 bits per heavy atom. The number of fused-ring (bicyclic) bond motifs is 20. The van der Waals surface area contributed by atoms with Crippen molar-refractivity contribution in [1.29, 1.82) is 0 Å². The number of furan rings is 1. The van der Waals surface area contributed by atoms with Gasteiger partial charge in [-0.3, -0.25) is 0 Å². The van der Waals surface area contributed by atoms with Crippen molar-refractivity contribution in [1.82, 2.24) is 0 Å². The van der Waals surface area contributed by atoms with Crippen molar-refractivity contribution in [3.8, 4) is 111 Å². The van der Waals surface area contributed by atoms with Crippen molar-refractivity contribution in [2.24, 2.45) is 0 Å². The molecule has 21 aromatic rings. The Balaban J connectivity index is 0.000000137. The summed E-state index contributed by atoms with van der Waals surface area (Å²) in [6.45, 7) is 14.2. The second-order valence-electron chi connectivity index (χ2n) is 34.0. The van der Waals surface area contributed by atoms with Crippen molar-refractivity contribution in [2.75, 3.05) is 0 Å². The second kappa shape index (κ2) is 25.5. The Labute approximate surface area is 675 Å². The lowest BCUT2D eigenvalue weighted by Crippen LogP contribution is -2.15. The molecule has 0 unspecified atom stereocenters. The van der Waals surface area contributed by atoms with Crippen LogP contribution in [0.4, 0.5) is 0 Å². The van der Waals surface area contributed by atoms with Gasteiger partial charge in [0.05, 0.1) is 0 Å². The molecule has 116 heavy (non-hydrogen) atoms. The van der Waals surface area contributed by atoms with Crippen LogP contribution in [0.15, 0.2) is 381 Å². The van der Waals surface area contributed by atoms with Crippen LogP contribution in [0.3, 0.4) is 0 Å². The van der Waals surface area contributed by atoms with Crippen LogP contribution in [0.25, 0.3) is 209 Å². The molecule has 20 aromatic carbocycles. The lowest BCUT2D eigenvalue weighted by molar-refractivity contribution is 0.661. The van der Waals surface area contributed by atoms with Crippen molar-refractivity contribution >= 4 is 97.3 Å². The fraction of sp³-hybridized carbons (Fsp3) is 0.0783. The molecule has 0 bridgehead atoms. The summed E-state index contributed by atoms with van der Waals surface area (Å²) in [6.07, 6.45) is 0. The number of rotatable bonds is 7. The predicted molar refractivity (Wildman–Crippen MR) is 493 cm³/mol. The molecular weight excluding hydrogens is 1400 g/mol. The lowest BCUT2D eigenvalue weighted by atomic mass is 9.79. The topological polar surface area (TPSA) is 13.1 Å². The van der Waals surface area contributed by atoms with Gasteiger partial charge in [-0.2, -0.15) is 0 Å². The summed E-state index contributed by atoms with van der Waals surface area (Å²) in [6, 6.07) is 140. The molecule has 0 atom stereocenters. The summed E-state index contributed by atoms with van der Waals surface area (Å²) in [5.74, 6) is 0. The number of hydrogen-bond acceptors (Lipinski definition) is 1. The van der Waals surface area contributed by atoms with E-state index in [0.29, 0.717) is 0 Å². The van der Waals surface area contributed by atoms with E-state index in [0.717, 1.165) is 21.9 Å². The van der Waals surface area contributed by atoms with Crippen LogP contribution in [0.1, 0.15) is 74.9 Å². The first-order chi connectivity index (χ1) is 56.8. The summed E-state index contributed by atoms with van der Waals surface area (Å²) >= 11 is 0. The average Bonchev–Trinajstić information content (AvgIpc) is 1.47. The van der Waals surface area contributed by atoms with Gasteiger partial charge < -0.3 is 4.42 Å². The molecule has 3 aliphatic carbocycles. The summed E-state index contributed by atoms with van der Waals surface area (Å²) in [4.78, 5) is 0. The summed E-state index contributed by atoms with van der Waals surface area (Å²) in [7, 11) is 0. The minimum atomic E-state index is -0.106. The first kappa shape index (κ1) is 67.7. The van der Waals surface area contributed by atoms with E-state index in [9.17, 15) is 0 Å². The highest BCUT2D eigenvalue weighted by Crippen LogP contribution is 2.58. The molecule has 0 saturated heterocycles. The molecule has 1 heteroatoms. The van der Waals surface area contributed by atoms with E-state index in [-0.39, 0.29) is 16.2 Å². The molecule has 0 radical (unpaired) electrons. The molecule has 0 saturated carbocycles. The minimum Gasteiger partial charge on any atom is -0.456 e. The van der Waals surface area contributed by atoms with Gasteiger partial charge in [0.2, 0.25) is 0 Å². The van der Waals surface area contributed by atoms with Crippen LogP contribution >= 0.6 is 0 Å². The van der Waals surface area contributed by atoms with Gasteiger partial charge in [-0.1, -0.05) is 357 Å². The SMILES string of the molecule is CC1(C)c2ccc(-c3ccc(-c4c5ccccc5c(-c5cc6c(c7ccccc57)-c5ccccc5C6(C)C)c5ccccc45)cc3)cc2-c2cc3ccccc3cc21.CC1(C)c2ccc(-c3ccc(-c4c5ccccc5c(-c5ccc(-c6ccc7oc8ccccc8c7c6)cc5)c5ccccc45)cc3)cc2-c2cc3ccccc3cc21. The fourth-order valence-corrected chi connectivity index (χ4v) is 20.9. The van der Waals surface area contributed by atoms with Gasteiger partial charge in [0, 0.05) is 27.0 Å². The number of hydrogen-bond donors (Lipinski definition) is 0. The zero-order valence-electron chi connectivity index (χ0n) is 65.7. The Kier molecular flexibility index (Phi) is 14.9. The molecular formula is C115H80O. The first-order valence-corrected chi connectivity index (χ1v) is 40.9. The van der Waals surface area contributed by atoms with Gasteiger partial charge in [0.1, 0.15) is 11.2 Å². The number of para-hydroxylation sites is 1. The molecule has 546 valence electrons. The second-order valence-corrected chi connectivity index (χ2v) is 34.0. The normalized spacial score (nSPS) is 13.8. The molecule has 0 N–H and O–H groups in total. The zero-order valence-corrected chi connectivity index (χ0v) is 65.7. The van der Waals surface area contributed by atoms with Gasteiger partial charge in [0.25, 0.3) is 0 Å². The molecule has 1 nitrogen and oxygen atoms in total. The predicted octanol–water partition coefficient (Wildman–Crippen LogP) is 31.9. The molecule has 0 amide bonds. The van der Waals surface area contributed by atoms with Crippen LogP contribution in [-0.4, -0.2) is 0 Å². The van der Waals surface area contributed by atoms with Gasteiger partial charge in [-0.05, 0) is 281 Å². The monoisotopic (exact) mass is 1480 g/mol. The molecule has 1 heterocycles. The van der Waals surface area contributed by atoms with Crippen LogP contribution in [-0.2, 0) is 16.2 Å². The molecule has 0 spiro atoms. The maximum Gasteiger partial charge on any atom is 0.135 e. The maximum absolute atomic E-state index is 6.11. The maximum atomic E-state index is 6.11. The van der Waals surface area contributed by atoms with Crippen molar-refractivity contribution in [3.05, 3.63) is 409 Å². The molecule has 0 aliphatic heterocycles. The van der Waals surface area contributed by atoms with Crippen LogP contribution < -0.4 is 0 Å². The molecule has 24 rings (SSSR count). The van der Waals surface area contributed by atoms with E-state index in [1.165, 1.54) is 220 Å². The Morgan fingerprint density at radius 3 is 0.888 bits per heavy atom. The summed E-state index contributed by atoms with van der Waals surface area (Å²) in [5.41, 5.74) is 35.7. The van der Waals surface area contributed by atoms with Crippen LogP contribution in [0.5, 0.6) is 0 Å². The van der Waals surface area contributed by atoms with Gasteiger partial charge in [-0.15, -0.1) is 0 Å². The van der Waals surface area contributed by atoms with E-state index in [1.807, 2.05) is 12.1 Å². The van der Waals surface area contributed by atoms with E-state index >= 15 is 0 Å². The quantitative estimate of drug-likeness (QED) is 0.145. The van der Waals surface area contributed by atoms with E-state index in [1.54, 1.807) is 0 Å². The Hall–Kier alpha value is -14.0. The Bertz CT molecular complexity index is 7630.